The molecule has 0 bridgehead atoms. The number of hydrogen-bond donors (Lipinski definition) is 0. The van der Waals surface area contributed by atoms with Gasteiger partial charge in [-0.25, -0.2) is 4.79 Å². The highest BCUT2D eigenvalue weighted by Crippen LogP contribution is 2.39. The van der Waals surface area contributed by atoms with Crippen LogP contribution in [0, 0.1) is 0 Å². The first kappa shape index (κ1) is 25.6. The lowest BCUT2D eigenvalue weighted by Crippen LogP contribution is -2.44. The summed E-state index contributed by atoms with van der Waals surface area (Å²) in [7, 11) is -5.52. The molecule has 1 aliphatic heterocycles. The Labute approximate surface area is 187 Å². The lowest BCUT2D eigenvalue weighted by atomic mass is 10.2. The molecule has 1 saturated heterocycles. The second-order valence-corrected chi connectivity index (χ2v) is 15.8. The molecule has 0 unspecified atom stereocenters. The number of ether oxygens (including phenoxy) is 1. The van der Waals surface area contributed by atoms with E-state index in [1.165, 1.54) is 0 Å². The fraction of sp³-hybridized carbons (Fsp3) is 0.591. The molecule has 7 nitrogen and oxygen atoms in total. The third-order valence-electron chi connectivity index (χ3n) is 5.75. The molecule has 0 saturated carbocycles. The Bertz CT molecular complexity index is 864. The fourth-order valence-electron chi connectivity index (χ4n) is 3.07. The van der Waals surface area contributed by atoms with E-state index in [2.05, 4.69) is 33.9 Å². The summed E-state index contributed by atoms with van der Waals surface area (Å²) in [5.74, 6) is 0. The molecule has 174 valence electrons. The second-order valence-electron chi connectivity index (χ2n) is 9.41. The number of hydrogen-bond acceptors (Lipinski definition) is 6. The van der Waals surface area contributed by atoms with E-state index >= 15 is 0 Å². The van der Waals surface area contributed by atoms with Crippen LogP contribution in [-0.2, 0) is 30.1 Å². The molecule has 1 aromatic rings. The number of amides is 1. The summed E-state index contributed by atoms with van der Waals surface area (Å²) in [5, 5.41) is 0.0584. The van der Waals surface area contributed by atoms with Crippen LogP contribution in [-0.4, -0.2) is 59.3 Å². The van der Waals surface area contributed by atoms with Crippen LogP contribution in [0.25, 0.3) is 0 Å². The average molecular weight is 470 g/mol. The maximum absolute atomic E-state index is 12.8. The molecule has 0 radical (unpaired) electrons. The molecule has 1 aromatic carbocycles. The standard InChI is InChI=1S/C22H35NO6SSi/c1-22(2,3)31(5,6)29-20-15-19(13-10-14-28-30(4,25)26)23(16-20)21(24)27-17-18-11-8-7-9-12-18/h7-13,19-20H,14-17H2,1-6H3/b13-10+/t19-,20-/m1/s1. The summed E-state index contributed by atoms with van der Waals surface area (Å²) >= 11 is 0. The molecule has 1 amide bonds. The van der Waals surface area contributed by atoms with Gasteiger partial charge in [0.1, 0.15) is 6.61 Å². The molecule has 1 aliphatic rings. The predicted octanol–water partition coefficient (Wildman–Crippen LogP) is 4.32. The summed E-state index contributed by atoms with van der Waals surface area (Å²) in [6, 6.07) is 9.26. The summed E-state index contributed by atoms with van der Waals surface area (Å²) in [6.07, 6.45) is 4.54. The number of nitrogens with zero attached hydrogens (tertiary/aromatic N) is 1. The Kier molecular flexibility index (Phi) is 8.49. The van der Waals surface area contributed by atoms with Crippen LogP contribution in [0.5, 0.6) is 0 Å². The third-order valence-corrected chi connectivity index (χ3v) is 10.8. The number of rotatable bonds is 8. The first-order valence-electron chi connectivity index (χ1n) is 10.4. The lowest BCUT2D eigenvalue weighted by molar-refractivity contribution is 0.0926. The second kappa shape index (κ2) is 10.3. The molecule has 0 N–H and O–H groups in total. The van der Waals surface area contributed by atoms with E-state index in [0.717, 1.165) is 11.8 Å². The minimum absolute atomic E-state index is 0.0584. The smallest absolute Gasteiger partial charge is 0.410 e. The molecular formula is C22H35NO6SSi. The van der Waals surface area contributed by atoms with Crippen molar-refractivity contribution in [3.05, 3.63) is 48.0 Å². The number of likely N-dealkylation sites (tertiary alicyclic amines) is 1. The van der Waals surface area contributed by atoms with Crippen LogP contribution in [0.3, 0.4) is 0 Å². The van der Waals surface area contributed by atoms with E-state index in [1.807, 2.05) is 30.3 Å². The minimum atomic E-state index is -3.52. The Morgan fingerprint density at radius 2 is 1.87 bits per heavy atom. The van der Waals surface area contributed by atoms with Crippen molar-refractivity contribution < 1.29 is 26.6 Å². The highest BCUT2D eigenvalue weighted by molar-refractivity contribution is 7.85. The number of benzene rings is 1. The van der Waals surface area contributed by atoms with E-state index in [9.17, 15) is 13.2 Å². The minimum Gasteiger partial charge on any atom is -0.445 e. The van der Waals surface area contributed by atoms with Crippen LogP contribution in [0.15, 0.2) is 42.5 Å². The zero-order valence-corrected chi connectivity index (χ0v) is 21.1. The van der Waals surface area contributed by atoms with Gasteiger partial charge in [0.2, 0.25) is 0 Å². The quantitative estimate of drug-likeness (QED) is 0.320. The molecule has 2 rings (SSSR count). The van der Waals surface area contributed by atoms with Crippen molar-refractivity contribution in [2.45, 2.75) is 64.1 Å². The number of carbonyl (C=O) groups excluding carboxylic acids is 1. The van der Waals surface area contributed by atoms with E-state index in [1.54, 1.807) is 17.1 Å². The van der Waals surface area contributed by atoms with Crippen molar-refractivity contribution in [1.82, 2.24) is 4.90 Å². The number of carbonyl (C=O) groups is 1. The Morgan fingerprint density at radius 1 is 1.23 bits per heavy atom. The normalized spacial score (nSPS) is 20.4. The summed E-state index contributed by atoms with van der Waals surface area (Å²) < 4.78 is 39.2. The Hall–Kier alpha value is -1.68. The summed E-state index contributed by atoms with van der Waals surface area (Å²) in [4.78, 5) is 14.5. The van der Waals surface area contributed by atoms with Gasteiger partial charge in [-0.1, -0.05) is 63.3 Å². The average Bonchev–Trinajstić information content (AvgIpc) is 3.04. The topological polar surface area (TPSA) is 82.1 Å². The first-order valence-corrected chi connectivity index (χ1v) is 15.2. The van der Waals surface area contributed by atoms with Crippen molar-refractivity contribution in [3.63, 3.8) is 0 Å². The van der Waals surface area contributed by atoms with Crippen molar-refractivity contribution in [3.8, 4) is 0 Å². The molecule has 2 atom stereocenters. The highest BCUT2D eigenvalue weighted by atomic mass is 32.2. The Morgan fingerprint density at radius 3 is 2.45 bits per heavy atom. The molecule has 0 aliphatic carbocycles. The van der Waals surface area contributed by atoms with Crippen LogP contribution >= 0.6 is 0 Å². The van der Waals surface area contributed by atoms with Gasteiger partial charge in [0.25, 0.3) is 10.1 Å². The van der Waals surface area contributed by atoms with E-state index in [0.29, 0.717) is 13.0 Å². The van der Waals surface area contributed by atoms with Gasteiger partial charge in [0.05, 0.1) is 25.0 Å². The molecule has 31 heavy (non-hydrogen) atoms. The molecule has 1 heterocycles. The fourth-order valence-corrected chi connectivity index (χ4v) is 4.76. The van der Waals surface area contributed by atoms with Crippen molar-refractivity contribution in [2.75, 3.05) is 19.4 Å². The van der Waals surface area contributed by atoms with Gasteiger partial charge in [-0.15, -0.1) is 0 Å². The molecular weight excluding hydrogens is 434 g/mol. The molecule has 9 heteroatoms. The van der Waals surface area contributed by atoms with Crippen LogP contribution in [0.4, 0.5) is 4.79 Å². The van der Waals surface area contributed by atoms with E-state index in [4.69, 9.17) is 13.3 Å². The van der Waals surface area contributed by atoms with Crippen molar-refractivity contribution in [1.29, 1.82) is 0 Å². The van der Waals surface area contributed by atoms with Crippen LogP contribution in [0.2, 0.25) is 18.1 Å². The highest BCUT2D eigenvalue weighted by Gasteiger charge is 2.43. The van der Waals surface area contributed by atoms with E-state index in [-0.39, 0.29) is 30.4 Å². The van der Waals surface area contributed by atoms with Gasteiger partial charge in [0.15, 0.2) is 8.32 Å². The maximum atomic E-state index is 12.8. The van der Waals surface area contributed by atoms with Gasteiger partial charge >= 0.3 is 6.09 Å². The van der Waals surface area contributed by atoms with Gasteiger partial charge in [-0.3, -0.25) is 9.08 Å². The molecule has 0 spiro atoms. The zero-order chi connectivity index (χ0) is 23.3. The lowest BCUT2D eigenvalue weighted by Gasteiger charge is -2.38. The monoisotopic (exact) mass is 469 g/mol. The maximum Gasteiger partial charge on any atom is 0.410 e. The van der Waals surface area contributed by atoms with Crippen LogP contribution < -0.4 is 0 Å². The largest absolute Gasteiger partial charge is 0.445 e. The first-order chi connectivity index (χ1) is 14.3. The third kappa shape index (κ3) is 8.06. The zero-order valence-electron chi connectivity index (χ0n) is 19.3. The predicted molar refractivity (Wildman–Crippen MR) is 124 cm³/mol. The molecule has 1 fully saturated rings. The van der Waals surface area contributed by atoms with Crippen molar-refractivity contribution in [2.24, 2.45) is 0 Å². The van der Waals surface area contributed by atoms with Gasteiger partial charge < -0.3 is 9.16 Å². The van der Waals surface area contributed by atoms with Gasteiger partial charge in [-0.2, -0.15) is 8.42 Å². The SMILES string of the molecule is CC(C)(C)[Si](C)(C)O[C@@H]1C[C@@H](/C=C/COS(C)(=O)=O)N(C(=O)OCc2ccccc2)C1. The summed E-state index contributed by atoms with van der Waals surface area (Å²) in [6.45, 7) is 11.5. The Balaban J connectivity index is 2.08. The molecule has 0 aromatic heterocycles. The van der Waals surface area contributed by atoms with Gasteiger partial charge in [-0.05, 0) is 30.1 Å². The van der Waals surface area contributed by atoms with Crippen molar-refractivity contribution >= 4 is 24.5 Å². The van der Waals surface area contributed by atoms with Gasteiger partial charge in [0, 0.05) is 6.54 Å². The summed E-state index contributed by atoms with van der Waals surface area (Å²) in [5.41, 5.74) is 0.915. The van der Waals surface area contributed by atoms with E-state index < -0.39 is 24.5 Å². The van der Waals surface area contributed by atoms with Crippen LogP contribution in [0.1, 0.15) is 32.8 Å².